The maximum absolute atomic E-state index is 12.7. The van der Waals surface area contributed by atoms with E-state index in [4.69, 9.17) is 4.74 Å². The van der Waals surface area contributed by atoms with E-state index in [1.54, 1.807) is 11.0 Å². The molecule has 5 nitrogen and oxygen atoms in total. The smallest absolute Gasteiger partial charge is 0.387 e. The third-order valence-corrected chi connectivity index (χ3v) is 4.31. The third-order valence-electron chi connectivity index (χ3n) is 4.31. The molecule has 0 bridgehead atoms. The molecule has 1 aromatic carbocycles. The first-order valence-corrected chi connectivity index (χ1v) is 7.22. The molecule has 0 radical (unpaired) electrons. The normalized spacial score (nSPS) is 22.7. The number of halogens is 3. The van der Waals surface area contributed by atoms with Gasteiger partial charge in [0, 0.05) is 26.2 Å². The number of hydrogen-bond donors (Lipinski definition) is 1. The van der Waals surface area contributed by atoms with E-state index in [2.05, 4.69) is 10.1 Å². The lowest BCUT2D eigenvalue weighted by Gasteiger charge is -2.20. The Morgan fingerprint density at radius 3 is 2.52 bits per heavy atom. The second-order valence-corrected chi connectivity index (χ2v) is 5.60. The minimum absolute atomic E-state index is 0. The lowest BCUT2D eigenvalue weighted by atomic mass is 10.0. The summed E-state index contributed by atoms with van der Waals surface area (Å²) in [5, 5.41) is 3.30. The lowest BCUT2D eigenvalue weighted by molar-refractivity contribution is -0.0516. The van der Waals surface area contributed by atoms with E-state index >= 15 is 0 Å². The summed E-state index contributed by atoms with van der Waals surface area (Å²) in [5.74, 6) is 0.527. The van der Waals surface area contributed by atoms with Crippen molar-refractivity contribution in [2.75, 3.05) is 33.3 Å². The predicted molar refractivity (Wildman–Crippen MR) is 82.6 cm³/mol. The molecule has 0 aromatic heterocycles. The number of ether oxygens (including phenoxy) is 2. The van der Waals surface area contributed by atoms with Crippen LogP contribution in [0.25, 0.3) is 0 Å². The molecule has 8 heteroatoms. The van der Waals surface area contributed by atoms with E-state index in [0.29, 0.717) is 24.9 Å². The van der Waals surface area contributed by atoms with Crippen LogP contribution in [0.3, 0.4) is 0 Å². The number of rotatable bonds is 4. The first-order valence-electron chi connectivity index (χ1n) is 7.22. The summed E-state index contributed by atoms with van der Waals surface area (Å²) in [7, 11) is 1.35. The summed E-state index contributed by atoms with van der Waals surface area (Å²) in [4.78, 5) is 14.4. The number of amides is 1. The quantitative estimate of drug-likeness (QED) is 0.904. The molecule has 1 amide bonds. The third kappa shape index (κ3) is 3.50. The summed E-state index contributed by atoms with van der Waals surface area (Å²) >= 11 is 0. The molecule has 2 saturated heterocycles. The maximum Gasteiger partial charge on any atom is 0.387 e. The Hall–Kier alpha value is -1.60. The van der Waals surface area contributed by atoms with Gasteiger partial charge < -0.3 is 19.7 Å². The number of para-hydroxylation sites is 1. The van der Waals surface area contributed by atoms with Gasteiger partial charge in [0.25, 0.3) is 5.91 Å². The second kappa shape index (κ2) is 7.31. The van der Waals surface area contributed by atoms with Gasteiger partial charge in [0.05, 0.1) is 12.7 Å². The molecule has 23 heavy (non-hydrogen) atoms. The van der Waals surface area contributed by atoms with Crippen molar-refractivity contribution in [2.24, 2.45) is 11.8 Å². The van der Waals surface area contributed by atoms with Crippen molar-refractivity contribution in [3.63, 3.8) is 0 Å². The summed E-state index contributed by atoms with van der Waals surface area (Å²) in [5.41, 5.74) is 0.118. The number of carbonyl (C=O) groups is 1. The van der Waals surface area contributed by atoms with Crippen LogP contribution < -0.4 is 14.8 Å². The molecule has 128 valence electrons. The number of fused-ring (bicyclic) bond motifs is 1. The highest BCUT2D eigenvalue weighted by Gasteiger charge is 2.39. The number of nitrogens with one attached hydrogen (secondary N) is 1. The molecule has 0 spiro atoms. The van der Waals surface area contributed by atoms with Crippen LogP contribution in [0.2, 0.25) is 0 Å². The monoisotopic (exact) mass is 348 g/mol. The Bertz CT molecular complexity index is 562. The van der Waals surface area contributed by atoms with Gasteiger partial charge >= 0.3 is 6.61 Å². The maximum atomic E-state index is 12.7. The van der Waals surface area contributed by atoms with Crippen molar-refractivity contribution >= 4 is 18.3 Å². The van der Waals surface area contributed by atoms with Crippen molar-refractivity contribution in [3.8, 4) is 11.5 Å². The molecule has 1 aromatic rings. The van der Waals surface area contributed by atoms with Gasteiger partial charge in [-0.05, 0) is 24.0 Å². The van der Waals surface area contributed by atoms with E-state index < -0.39 is 6.61 Å². The van der Waals surface area contributed by atoms with Gasteiger partial charge in [-0.25, -0.2) is 0 Å². The molecule has 2 fully saturated rings. The number of hydrogen-bond acceptors (Lipinski definition) is 4. The van der Waals surface area contributed by atoms with Crippen LogP contribution in [-0.4, -0.2) is 50.7 Å². The fourth-order valence-corrected chi connectivity index (χ4v) is 3.25. The zero-order valence-corrected chi connectivity index (χ0v) is 13.4. The van der Waals surface area contributed by atoms with Crippen LogP contribution in [0.1, 0.15) is 10.4 Å². The van der Waals surface area contributed by atoms with Crippen molar-refractivity contribution < 1.29 is 23.0 Å². The van der Waals surface area contributed by atoms with E-state index in [9.17, 15) is 13.6 Å². The van der Waals surface area contributed by atoms with Crippen LogP contribution in [0.15, 0.2) is 18.2 Å². The van der Waals surface area contributed by atoms with Crippen LogP contribution in [0.5, 0.6) is 11.5 Å². The van der Waals surface area contributed by atoms with Crippen LogP contribution in [-0.2, 0) is 0 Å². The first kappa shape index (κ1) is 17.7. The van der Waals surface area contributed by atoms with E-state index in [-0.39, 0.29) is 35.4 Å². The van der Waals surface area contributed by atoms with Crippen LogP contribution in [0, 0.1) is 11.8 Å². The molecule has 2 heterocycles. The Morgan fingerprint density at radius 2 is 1.96 bits per heavy atom. The number of benzene rings is 1. The second-order valence-electron chi connectivity index (χ2n) is 5.60. The highest BCUT2D eigenvalue weighted by atomic mass is 35.5. The summed E-state index contributed by atoms with van der Waals surface area (Å²) in [6.07, 6.45) is 0. The number of alkyl halides is 2. The Kier molecular flexibility index (Phi) is 5.64. The Morgan fingerprint density at radius 1 is 1.30 bits per heavy atom. The average molecular weight is 349 g/mol. The highest BCUT2D eigenvalue weighted by Crippen LogP contribution is 2.35. The van der Waals surface area contributed by atoms with Gasteiger partial charge in [0.15, 0.2) is 11.5 Å². The number of carbonyl (C=O) groups excluding carboxylic acids is 1. The predicted octanol–water partition coefficient (Wildman–Crippen LogP) is 2.01. The zero-order chi connectivity index (χ0) is 15.7. The number of likely N-dealkylation sites (tertiary alicyclic amines) is 1. The largest absolute Gasteiger partial charge is 0.493 e. The molecule has 0 saturated carbocycles. The molecule has 3 rings (SSSR count). The average Bonchev–Trinajstić information content (AvgIpc) is 3.07. The summed E-state index contributed by atoms with van der Waals surface area (Å²) in [6.45, 7) is 0.0637. The molecule has 0 unspecified atom stereocenters. The standard InChI is InChI=1S/C15H18F2N2O3.ClH/c1-21-12-4-2-3-11(13(12)22-15(16)17)14(20)19-7-9-5-18-6-10(9)8-19;/h2-4,9-10,15,18H,5-8H2,1H3;1H/t9-,10+;. The van der Waals surface area contributed by atoms with Gasteiger partial charge in [-0.3, -0.25) is 4.79 Å². The molecular formula is C15H19ClF2N2O3. The summed E-state index contributed by atoms with van der Waals surface area (Å²) in [6, 6.07) is 4.59. The van der Waals surface area contributed by atoms with E-state index in [1.807, 2.05) is 0 Å². The lowest BCUT2D eigenvalue weighted by Crippen LogP contribution is -2.32. The fraction of sp³-hybridized carbons (Fsp3) is 0.533. The molecule has 2 aliphatic rings. The van der Waals surface area contributed by atoms with Crippen molar-refractivity contribution in [1.82, 2.24) is 10.2 Å². The van der Waals surface area contributed by atoms with E-state index in [1.165, 1.54) is 19.2 Å². The zero-order valence-electron chi connectivity index (χ0n) is 12.6. The Labute approximate surface area is 139 Å². The topological polar surface area (TPSA) is 50.8 Å². The minimum Gasteiger partial charge on any atom is -0.493 e. The Balaban J connectivity index is 0.00000192. The highest BCUT2D eigenvalue weighted by molar-refractivity contribution is 5.98. The molecule has 0 aliphatic carbocycles. The SMILES string of the molecule is COc1cccc(C(=O)N2C[C@H]3CNC[C@H]3C2)c1OC(F)F.Cl. The van der Waals surface area contributed by atoms with Crippen molar-refractivity contribution in [1.29, 1.82) is 0 Å². The summed E-state index contributed by atoms with van der Waals surface area (Å²) < 4.78 is 34.8. The molecule has 2 atom stereocenters. The molecule has 2 aliphatic heterocycles. The van der Waals surface area contributed by atoms with Gasteiger partial charge in [0.2, 0.25) is 0 Å². The van der Waals surface area contributed by atoms with E-state index in [0.717, 1.165) is 13.1 Å². The molecule has 1 N–H and O–H groups in total. The fourth-order valence-electron chi connectivity index (χ4n) is 3.25. The van der Waals surface area contributed by atoms with Crippen LogP contribution >= 0.6 is 12.4 Å². The van der Waals surface area contributed by atoms with Crippen LogP contribution in [0.4, 0.5) is 8.78 Å². The minimum atomic E-state index is -3.01. The first-order chi connectivity index (χ1) is 10.6. The van der Waals surface area contributed by atoms with Gasteiger partial charge in [0.1, 0.15) is 0 Å². The molecular weight excluding hydrogens is 330 g/mol. The van der Waals surface area contributed by atoms with Gasteiger partial charge in [-0.1, -0.05) is 6.07 Å². The number of methoxy groups -OCH3 is 1. The number of nitrogens with zero attached hydrogens (tertiary/aromatic N) is 1. The van der Waals surface area contributed by atoms with Gasteiger partial charge in [-0.2, -0.15) is 8.78 Å². The van der Waals surface area contributed by atoms with Crippen molar-refractivity contribution in [2.45, 2.75) is 6.61 Å². The van der Waals surface area contributed by atoms with Gasteiger partial charge in [-0.15, -0.1) is 12.4 Å². The van der Waals surface area contributed by atoms with Crippen molar-refractivity contribution in [3.05, 3.63) is 23.8 Å².